The predicted octanol–water partition coefficient (Wildman–Crippen LogP) is 3.56. The van der Waals surface area contributed by atoms with E-state index in [9.17, 15) is 4.79 Å². The molecule has 0 spiro atoms. The van der Waals surface area contributed by atoms with Crippen LogP contribution in [0.1, 0.15) is 37.6 Å². The van der Waals surface area contributed by atoms with E-state index in [4.69, 9.17) is 16.3 Å². The Labute approximate surface area is 120 Å². The summed E-state index contributed by atoms with van der Waals surface area (Å²) in [5, 5.41) is 0. The second-order valence-corrected chi connectivity index (χ2v) is 5.05. The summed E-state index contributed by atoms with van der Waals surface area (Å²) in [5.74, 6) is 1.27. The lowest BCUT2D eigenvalue weighted by Crippen LogP contribution is -2.33. The van der Waals surface area contributed by atoms with E-state index in [2.05, 4.69) is 0 Å². The highest BCUT2D eigenvalue weighted by Crippen LogP contribution is 2.15. The largest absolute Gasteiger partial charge is 0.491 e. The third kappa shape index (κ3) is 5.11. The highest BCUT2D eigenvalue weighted by Gasteiger charge is 2.14. The molecular weight excluding hydrogens is 262 g/mol. The average Bonchev–Trinajstić information content (AvgIpc) is 2.38. The van der Waals surface area contributed by atoms with Crippen LogP contribution in [0.2, 0.25) is 0 Å². The molecule has 0 bridgehead atoms. The number of carbonyl (C=O) groups excluding carboxylic acids is 1. The van der Waals surface area contributed by atoms with Gasteiger partial charge in [0.15, 0.2) is 0 Å². The topological polar surface area (TPSA) is 29.5 Å². The second kappa shape index (κ2) is 8.05. The Balaban J connectivity index is 2.75. The zero-order valence-electron chi connectivity index (χ0n) is 11.9. The first-order valence-corrected chi connectivity index (χ1v) is 7.23. The normalized spacial score (nSPS) is 10.6. The summed E-state index contributed by atoms with van der Waals surface area (Å²) in [6.45, 7) is 7.31. The molecule has 0 aliphatic carbocycles. The number of hydrogen-bond acceptors (Lipinski definition) is 2. The minimum absolute atomic E-state index is 0.0265. The maximum absolute atomic E-state index is 12.3. The number of rotatable bonds is 7. The van der Waals surface area contributed by atoms with Crippen LogP contribution in [0.3, 0.4) is 0 Å². The molecule has 0 aliphatic heterocycles. The Morgan fingerprint density at radius 2 is 1.89 bits per heavy atom. The smallest absolute Gasteiger partial charge is 0.253 e. The zero-order valence-corrected chi connectivity index (χ0v) is 12.6. The van der Waals surface area contributed by atoms with Crippen molar-refractivity contribution in [3.8, 4) is 5.75 Å². The highest BCUT2D eigenvalue weighted by molar-refractivity contribution is 6.18. The van der Waals surface area contributed by atoms with Crippen LogP contribution in [0, 0.1) is 0 Å². The molecule has 0 aromatic heterocycles. The van der Waals surface area contributed by atoms with E-state index in [1.165, 1.54) is 0 Å². The van der Waals surface area contributed by atoms with E-state index >= 15 is 0 Å². The van der Waals surface area contributed by atoms with Gasteiger partial charge in [-0.05, 0) is 44.5 Å². The maximum Gasteiger partial charge on any atom is 0.253 e. The van der Waals surface area contributed by atoms with E-state index in [-0.39, 0.29) is 12.0 Å². The maximum atomic E-state index is 12.3. The van der Waals surface area contributed by atoms with Crippen LogP contribution in [0.15, 0.2) is 24.3 Å². The van der Waals surface area contributed by atoms with Gasteiger partial charge in [-0.2, -0.15) is 0 Å². The number of ether oxygens (including phenoxy) is 1. The Kier molecular flexibility index (Phi) is 6.71. The first kappa shape index (κ1) is 15.8. The lowest BCUT2D eigenvalue weighted by molar-refractivity contribution is 0.0765. The third-order valence-corrected chi connectivity index (χ3v) is 2.78. The van der Waals surface area contributed by atoms with Gasteiger partial charge < -0.3 is 9.64 Å². The molecule has 0 aliphatic rings. The average molecular weight is 284 g/mol. The summed E-state index contributed by atoms with van der Waals surface area (Å²) in [6, 6.07) is 7.27. The van der Waals surface area contributed by atoms with Gasteiger partial charge >= 0.3 is 0 Å². The van der Waals surface area contributed by atoms with E-state index < -0.39 is 0 Å². The highest BCUT2D eigenvalue weighted by atomic mass is 35.5. The molecular formula is C15H22ClNO2. The molecule has 106 valence electrons. The van der Waals surface area contributed by atoms with Crippen molar-refractivity contribution in [2.24, 2.45) is 0 Å². The molecule has 1 amide bonds. The van der Waals surface area contributed by atoms with E-state index in [1.807, 2.05) is 32.9 Å². The molecule has 0 unspecified atom stereocenters. The summed E-state index contributed by atoms with van der Waals surface area (Å²) in [7, 11) is 0. The van der Waals surface area contributed by atoms with Gasteiger partial charge in [-0.3, -0.25) is 4.79 Å². The molecule has 1 aromatic carbocycles. The summed E-state index contributed by atoms with van der Waals surface area (Å²) in [5.41, 5.74) is 0.676. The van der Waals surface area contributed by atoms with Crippen molar-refractivity contribution in [1.82, 2.24) is 4.90 Å². The molecule has 1 aromatic rings. The van der Waals surface area contributed by atoms with Crippen LogP contribution in [0.25, 0.3) is 0 Å². The molecule has 19 heavy (non-hydrogen) atoms. The van der Waals surface area contributed by atoms with Gasteiger partial charge in [0.2, 0.25) is 0 Å². The Morgan fingerprint density at radius 3 is 2.37 bits per heavy atom. The Bertz CT molecular complexity index is 384. The second-order valence-electron chi connectivity index (χ2n) is 4.67. The molecule has 0 fully saturated rings. The monoisotopic (exact) mass is 283 g/mol. The fourth-order valence-corrected chi connectivity index (χ4v) is 2.02. The molecule has 0 N–H and O–H groups in total. The first-order chi connectivity index (χ1) is 9.08. The van der Waals surface area contributed by atoms with Gasteiger partial charge in [-0.25, -0.2) is 0 Å². The molecule has 0 heterocycles. The number of nitrogens with zero attached hydrogens (tertiary/aromatic N) is 1. The fraction of sp³-hybridized carbons (Fsp3) is 0.533. The van der Waals surface area contributed by atoms with Crippen molar-refractivity contribution in [2.45, 2.75) is 33.3 Å². The van der Waals surface area contributed by atoms with Gasteiger partial charge in [0.25, 0.3) is 5.91 Å². The van der Waals surface area contributed by atoms with Gasteiger partial charge in [0, 0.05) is 24.5 Å². The fourth-order valence-electron chi connectivity index (χ4n) is 1.82. The standard InChI is InChI=1S/C15H22ClNO2/c1-4-10-17(11-9-16)15(18)13-5-7-14(8-6-13)19-12(2)3/h5-8,12H,4,9-11H2,1-3H3. The summed E-state index contributed by atoms with van der Waals surface area (Å²) in [4.78, 5) is 14.1. The van der Waals surface area contributed by atoms with Crippen LogP contribution in [-0.4, -0.2) is 35.9 Å². The first-order valence-electron chi connectivity index (χ1n) is 6.70. The molecule has 0 saturated heterocycles. The molecule has 3 nitrogen and oxygen atoms in total. The van der Waals surface area contributed by atoms with Crippen LogP contribution in [0.4, 0.5) is 0 Å². The van der Waals surface area contributed by atoms with Crippen LogP contribution < -0.4 is 4.74 Å². The lowest BCUT2D eigenvalue weighted by atomic mass is 10.2. The van der Waals surface area contributed by atoms with Gasteiger partial charge in [0.1, 0.15) is 5.75 Å². The van der Waals surface area contributed by atoms with Crippen molar-refractivity contribution < 1.29 is 9.53 Å². The minimum Gasteiger partial charge on any atom is -0.491 e. The van der Waals surface area contributed by atoms with E-state index in [0.717, 1.165) is 18.7 Å². The van der Waals surface area contributed by atoms with Crippen molar-refractivity contribution in [3.05, 3.63) is 29.8 Å². The SMILES string of the molecule is CCCN(CCCl)C(=O)c1ccc(OC(C)C)cc1. The third-order valence-electron chi connectivity index (χ3n) is 2.61. The van der Waals surface area contributed by atoms with E-state index in [0.29, 0.717) is 18.0 Å². The van der Waals surface area contributed by atoms with Crippen LogP contribution in [-0.2, 0) is 0 Å². The van der Waals surface area contributed by atoms with Gasteiger partial charge in [-0.15, -0.1) is 11.6 Å². The van der Waals surface area contributed by atoms with Crippen molar-refractivity contribution in [1.29, 1.82) is 0 Å². The number of halogens is 1. The van der Waals surface area contributed by atoms with Gasteiger partial charge in [-0.1, -0.05) is 6.92 Å². The zero-order chi connectivity index (χ0) is 14.3. The molecule has 0 radical (unpaired) electrons. The summed E-state index contributed by atoms with van der Waals surface area (Å²) < 4.78 is 5.56. The number of carbonyl (C=O) groups is 1. The molecule has 4 heteroatoms. The summed E-state index contributed by atoms with van der Waals surface area (Å²) >= 11 is 5.73. The van der Waals surface area contributed by atoms with Gasteiger partial charge in [0.05, 0.1) is 6.10 Å². The van der Waals surface area contributed by atoms with Crippen molar-refractivity contribution in [3.63, 3.8) is 0 Å². The van der Waals surface area contributed by atoms with Crippen molar-refractivity contribution in [2.75, 3.05) is 19.0 Å². The quantitative estimate of drug-likeness (QED) is 0.716. The molecule has 0 saturated carbocycles. The summed E-state index contributed by atoms with van der Waals surface area (Å²) in [6.07, 6.45) is 1.06. The predicted molar refractivity (Wildman–Crippen MR) is 79.1 cm³/mol. The molecule has 1 rings (SSSR count). The minimum atomic E-state index is 0.0265. The number of amides is 1. The Morgan fingerprint density at radius 1 is 1.26 bits per heavy atom. The number of benzene rings is 1. The number of alkyl halides is 1. The van der Waals surface area contributed by atoms with Crippen molar-refractivity contribution >= 4 is 17.5 Å². The van der Waals surface area contributed by atoms with Crippen LogP contribution in [0.5, 0.6) is 5.75 Å². The van der Waals surface area contributed by atoms with Crippen LogP contribution >= 0.6 is 11.6 Å². The van der Waals surface area contributed by atoms with E-state index in [1.54, 1.807) is 17.0 Å². The number of hydrogen-bond donors (Lipinski definition) is 0. The molecule has 0 atom stereocenters. The Hall–Kier alpha value is -1.22. The lowest BCUT2D eigenvalue weighted by Gasteiger charge is -2.21.